The van der Waals surface area contributed by atoms with E-state index in [2.05, 4.69) is 33.8 Å². The molecule has 126 valence electrons. The molecule has 1 aromatic heterocycles. The zero-order valence-corrected chi connectivity index (χ0v) is 14.3. The molecule has 0 N–H and O–H groups in total. The molecule has 2 fully saturated rings. The lowest BCUT2D eigenvalue weighted by molar-refractivity contribution is -0.130. The van der Waals surface area contributed by atoms with Crippen molar-refractivity contribution in [2.75, 3.05) is 45.8 Å². The summed E-state index contributed by atoms with van der Waals surface area (Å²) in [6.07, 6.45) is 2.90. The molecule has 3 heterocycles. The minimum Gasteiger partial charge on any atom is -0.340 e. The molecule has 0 radical (unpaired) electrons. The Morgan fingerprint density at radius 2 is 2.00 bits per heavy atom. The number of carbonyl (C=O) groups excluding carboxylic acids is 1. The fourth-order valence-corrected chi connectivity index (χ4v) is 3.89. The fraction of sp³-hybridized carbons (Fsp3) is 0.667. The first-order chi connectivity index (χ1) is 11.1. The van der Waals surface area contributed by atoms with Crippen LogP contribution in [0, 0.1) is 5.92 Å². The molecule has 0 unspecified atom stereocenters. The summed E-state index contributed by atoms with van der Waals surface area (Å²) in [5.41, 5.74) is 1.18. The smallest absolute Gasteiger partial charge is 0.219 e. The number of likely N-dealkylation sites (tertiary alicyclic amines) is 1. The molecule has 0 aliphatic carbocycles. The van der Waals surface area contributed by atoms with Gasteiger partial charge in [-0.1, -0.05) is 13.0 Å². The number of hydrogen-bond acceptors (Lipinski definition) is 4. The molecule has 5 heteroatoms. The van der Waals surface area contributed by atoms with E-state index in [1.807, 2.05) is 17.2 Å². The Labute approximate surface area is 139 Å². The van der Waals surface area contributed by atoms with E-state index < -0.39 is 0 Å². The molecule has 1 aromatic rings. The molecule has 1 amide bonds. The zero-order valence-electron chi connectivity index (χ0n) is 14.3. The van der Waals surface area contributed by atoms with Gasteiger partial charge in [-0.05, 0) is 18.1 Å². The van der Waals surface area contributed by atoms with Gasteiger partial charge in [0.05, 0.1) is 0 Å². The number of piperazine rings is 1. The Morgan fingerprint density at radius 3 is 2.65 bits per heavy atom. The topological polar surface area (TPSA) is 39.7 Å². The van der Waals surface area contributed by atoms with E-state index >= 15 is 0 Å². The highest BCUT2D eigenvalue weighted by Gasteiger charge is 2.35. The van der Waals surface area contributed by atoms with Gasteiger partial charge in [-0.3, -0.25) is 14.7 Å². The molecule has 3 rings (SSSR count). The minimum absolute atomic E-state index is 0.209. The first kappa shape index (κ1) is 16.4. The van der Waals surface area contributed by atoms with Gasteiger partial charge in [0.1, 0.15) is 0 Å². The second-order valence-corrected chi connectivity index (χ2v) is 6.92. The van der Waals surface area contributed by atoms with Gasteiger partial charge >= 0.3 is 0 Å². The molecule has 0 aromatic carbocycles. The second kappa shape index (κ2) is 7.41. The fourth-order valence-electron chi connectivity index (χ4n) is 3.89. The van der Waals surface area contributed by atoms with Crippen molar-refractivity contribution in [1.29, 1.82) is 0 Å². The average Bonchev–Trinajstić information content (AvgIpc) is 2.95. The monoisotopic (exact) mass is 316 g/mol. The lowest BCUT2D eigenvalue weighted by Crippen LogP contribution is -2.53. The van der Waals surface area contributed by atoms with Gasteiger partial charge in [0.25, 0.3) is 0 Å². The Hall–Kier alpha value is -1.46. The summed E-state index contributed by atoms with van der Waals surface area (Å²) in [7, 11) is 0. The highest BCUT2D eigenvalue weighted by atomic mass is 16.2. The van der Waals surface area contributed by atoms with Crippen LogP contribution in [0.2, 0.25) is 0 Å². The van der Waals surface area contributed by atoms with Gasteiger partial charge in [0.2, 0.25) is 5.91 Å². The predicted octanol–water partition coefficient (Wildman–Crippen LogP) is 1.11. The van der Waals surface area contributed by atoms with Crippen molar-refractivity contribution in [3.63, 3.8) is 0 Å². The zero-order chi connectivity index (χ0) is 16.2. The molecule has 2 aliphatic rings. The molecular formula is C18H28N4O. The van der Waals surface area contributed by atoms with Gasteiger partial charge in [-0.25, -0.2) is 0 Å². The third kappa shape index (κ3) is 4.09. The highest BCUT2D eigenvalue weighted by Crippen LogP contribution is 2.23. The number of pyridine rings is 1. The lowest BCUT2D eigenvalue weighted by Gasteiger charge is -2.39. The van der Waals surface area contributed by atoms with Crippen LogP contribution < -0.4 is 0 Å². The number of amides is 1. The maximum absolute atomic E-state index is 11.5. The first-order valence-corrected chi connectivity index (χ1v) is 8.75. The molecule has 0 spiro atoms. The molecule has 2 aliphatic heterocycles. The highest BCUT2D eigenvalue weighted by molar-refractivity contribution is 5.73. The number of hydrogen-bond donors (Lipinski definition) is 0. The summed E-state index contributed by atoms with van der Waals surface area (Å²) in [4.78, 5) is 23.0. The quantitative estimate of drug-likeness (QED) is 0.834. The van der Waals surface area contributed by atoms with Gasteiger partial charge < -0.3 is 9.80 Å². The van der Waals surface area contributed by atoms with E-state index in [-0.39, 0.29) is 5.91 Å². The maximum Gasteiger partial charge on any atom is 0.219 e. The van der Waals surface area contributed by atoms with Crippen LogP contribution in [0.3, 0.4) is 0 Å². The number of aromatic nitrogens is 1. The summed E-state index contributed by atoms with van der Waals surface area (Å²) in [6, 6.07) is 6.77. The van der Waals surface area contributed by atoms with Crippen LogP contribution in [0.4, 0.5) is 0 Å². The van der Waals surface area contributed by atoms with Crippen LogP contribution in [0.15, 0.2) is 24.4 Å². The third-order valence-corrected chi connectivity index (χ3v) is 5.29. The first-order valence-electron chi connectivity index (χ1n) is 8.75. The van der Waals surface area contributed by atoms with E-state index in [0.29, 0.717) is 12.0 Å². The van der Waals surface area contributed by atoms with Crippen molar-refractivity contribution in [1.82, 2.24) is 19.7 Å². The number of nitrogens with zero attached hydrogens (tertiary/aromatic N) is 4. The van der Waals surface area contributed by atoms with Gasteiger partial charge in [-0.2, -0.15) is 0 Å². The predicted molar refractivity (Wildman–Crippen MR) is 91.2 cm³/mol. The molecule has 0 saturated carbocycles. The maximum atomic E-state index is 11.5. The van der Waals surface area contributed by atoms with Crippen LogP contribution in [0.1, 0.15) is 19.5 Å². The van der Waals surface area contributed by atoms with Crippen molar-refractivity contribution in [2.24, 2.45) is 5.92 Å². The Balaban J connectivity index is 1.48. The Kier molecular flexibility index (Phi) is 5.28. The van der Waals surface area contributed by atoms with Gasteiger partial charge in [-0.15, -0.1) is 0 Å². The summed E-state index contributed by atoms with van der Waals surface area (Å²) >= 11 is 0. The summed E-state index contributed by atoms with van der Waals surface area (Å²) in [6.45, 7) is 11.2. The lowest BCUT2D eigenvalue weighted by atomic mass is 10.0. The molecule has 2 atom stereocenters. The van der Waals surface area contributed by atoms with Crippen molar-refractivity contribution < 1.29 is 4.79 Å². The van der Waals surface area contributed by atoms with Crippen LogP contribution in [0.5, 0.6) is 0 Å². The van der Waals surface area contributed by atoms with E-state index in [1.165, 1.54) is 12.2 Å². The molecule has 2 saturated heterocycles. The SMILES string of the molecule is CC(=O)N1CCN([C@H]2CN(CCc3ccccn3)C[C@H]2C)CC1. The van der Waals surface area contributed by atoms with Crippen molar-refractivity contribution in [3.05, 3.63) is 30.1 Å². The normalized spacial score (nSPS) is 26.6. The minimum atomic E-state index is 0.209. The van der Waals surface area contributed by atoms with Crippen molar-refractivity contribution in [3.8, 4) is 0 Å². The largest absolute Gasteiger partial charge is 0.340 e. The molecule has 23 heavy (non-hydrogen) atoms. The van der Waals surface area contributed by atoms with Gasteiger partial charge in [0, 0.05) is 77.1 Å². The third-order valence-electron chi connectivity index (χ3n) is 5.29. The Morgan fingerprint density at radius 1 is 1.22 bits per heavy atom. The van der Waals surface area contributed by atoms with Crippen molar-refractivity contribution in [2.45, 2.75) is 26.3 Å². The Bertz CT molecular complexity index is 513. The van der Waals surface area contributed by atoms with Crippen molar-refractivity contribution >= 4 is 5.91 Å². The van der Waals surface area contributed by atoms with E-state index in [1.54, 1.807) is 6.92 Å². The molecular weight excluding hydrogens is 288 g/mol. The van der Waals surface area contributed by atoms with Crippen LogP contribution in [0.25, 0.3) is 0 Å². The summed E-state index contributed by atoms with van der Waals surface area (Å²) < 4.78 is 0. The second-order valence-electron chi connectivity index (χ2n) is 6.92. The number of carbonyl (C=O) groups is 1. The van der Waals surface area contributed by atoms with E-state index in [9.17, 15) is 4.79 Å². The van der Waals surface area contributed by atoms with Crippen LogP contribution in [-0.2, 0) is 11.2 Å². The average molecular weight is 316 g/mol. The molecule has 0 bridgehead atoms. The number of rotatable bonds is 4. The van der Waals surface area contributed by atoms with Crippen LogP contribution in [-0.4, -0.2) is 77.4 Å². The van der Waals surface area contributed by atoms with Crippen LogP contribution >= 0.6 is 0 Å². The summed E-state index contributed by atoms with van der Waals surface area (Å²) in [5, 5.41) is 0. The summed E-state index contributed by atoms with van der Waals surface area (Å²) in [5.74, 6) is 0.906. The van der Waals surface area contributed by atoms with Gasteiger partial charge in [0.15, 0.2) is 0 Å². The van der Waals surface area contributed by atoms with E-state index in [4.69, 9.17) is 0 Å². The molecule has 5 nitrogen and oxygen atoms in total. The van der Waals surface area contributed by atoms with E-state index in [0.717, 1.165) is 45.7 Å². The standard InChI is InChI=1S/C18H28N4O/c1-15-13-20(8-6-17-5-3-4-7-19-17)14-18(15)22-11-9-21(10-12-22)16(2)23/h3-5,7,15,18H,6,8-14H2,1-2H3/t15-,18+/m1/s1.